The molecule has 0 unspecified atom stereocenters. The zero-order valence-corrected chi connectivity index (χ0v) is 16.7. The number of carbonyl (C=O) groups excluding carboxylic acids is 2. The molecule has 0 aliphatic rings. The van der Waals surface area contributed by atoms with Crippen molar-refractivity contribution in [3.8, 4) is 0 Å². The zero-order chi connectivity index (χ0) is 18.8. The van der Waals surface area contributed by atoms with Crippen LogP contribution >= 0.6 is 31.9 Å². The largest absolute Gasteiger partial charge is 0.448 e. The number of hydrogen-bond donors (Lipinski definition) is 2. The fourth-order valence-electron chi connectivity index (χ4n) is 1.81. The Morgan fingerprint density at radius 1 is 0.846 bits per heavy atom. The van der Waals surface area contributed by atoms with Crippen LogP contribution in [0.3, 0.4) is 0 Å². The summed E-state index contributed by atoms with van der Waals surface area (Å²) in [4.78, 5) is 23.2. The second kappa shape index (κ2) is 10.7. The van der Waals surface area contributed by atoms with Gasteiger partial charge in [-0.3, -0.25) is 9.59 Å². The van der Waals surface area contributed by atoms with Gasteiger partial charge in [0.15, 0.2) is 9.34 Å². The smallest absolute Gasteiger partial charge is 0.240 e. The number of carbonyl (C=O) groups is 2. The van der Waals surface area contributed by atoms with Crippen molar-refractivity contribution >= 4 is 56.1 Å². The summed E-state index contributed by atoms with van der Waals surface area (Å²) in [6, 6.07) is 6.88. The molecule has 2 aromatic rings. The number of hydrazone groups is 2. The van der Waals surface area contributed by atoms with Gasteiger partial charge in [-0.1, -0.05) is 0 Å². The van der Waals surface area contributed by atoms with Gasteiger partial charge in [0.2, 0.25) is 11.8 Å². The van der Waals surface area contributed by atoms with E-state index in [-0.39, 0.29) is 24.7 Å². The molecule has 0 bridgehead atoms. The standard InChI is InChI=1S/C16H16Br2N4O4/c17-13-7-5-11(25-13)9-19-21-15(23)3-1-2-4-16(24)22-20-10-12-6-8-14(18)26-12/h5-10H,1-4H2,(H,21,23)(H,22,24)/b19-9+,20-10+. The van der Waals surface area contributed by atoms with Crippen LogP contribution in [0.25, 0.3) is 0 Å². The van der Waals surface area contributed by atoms with E-state index in [0.717, 1.165) is 0 Å². The van der Waals surface area contributed by atoms with Crippen LogP contribution in [0.4, 0.5) is 0 Å². The van der Waals surface area contributed by atoms with Crippen LogP contribution < -0.4 is 10.9 Å². The lowest BCUT2D eigenvalue weighted by Gasteiger charge is -2.00. The predicted molar refractivity (Wildman–Crippen MR) is 103 cm³/mol. The molecule has 10 heteroatoms. The molecule has 8 nitrogen and oxygen atoms in total. The Hall–Kier alpha value is -2.20. The molecule has 2 amide bonds. The van der Waals surface area contributed by atoms with Crippen molar-refractivity contribution in [2.75, 3.05) is 0 Å². The first-order valence-corrected chi connectivity index (χ1v) is 9.26. The van der Waals surface area contributed by atoms with Crippen LogP contribution in [0.1, 0.15) is 37.2 Å². The molecular weight excluding hydrogens is 472 g/mol. The summed E-state index contributed by atoms with van der Waals surface area (Å²) in [6.45, 7) is 0. The maximum Gasteiger partial charge on any atom is 0.240 e. The highest BCUT2D eigenvalue weighted by atomic mass is 79.9. The molecule has 0 saturated heterocycles. The lowest BCUT2D eigenvalue weighted by atomic mass is 10.2. The van der Waals surface area contributed by atoms with Crippen LogP contribution in [0, 0.1) is 0 Å². The molecule has 2 N–H and O–H groups in total. The van der Waals surface area contributed by atoms with E-state index < -0.39 is 0 Å². The van der Waals surface area contributed by atoms with E-state index in [1.807, 2.05) is 0 Å². The van der Waals surface area contributed by atoms with Crippen LogP contribution in [-0.2, 0) is 9.59 Å². The van der Waals surface area contributed by atoms with Gasteiger partial charge >= 0.3 is 0 Å². The van der Waals surface area contributed by atoms with Crippen molar-refractivity contribution in [2.24, 2.45) is 10.2 Å². The number of unbranched alkanes of at least 4 members (excludes halogenated alkanes) is 1. The molecule has 0 fully saturated rings. The molecule has 2 heterocycles. The molecule has 2 rings (SSSR count). The first-order chi connectivity index (χ1) is 12.5. The molecular formula is C16H16Br2N4O4. The van der Waals surface area contributed by atoms with Crippen LogP contribution in [0.15, 0.2) is 52.6 Å². The van der Waals surface area contributed by atoms with Crippen molar-refractivity contribution in [1.82, 2.24) is 10.9 Å². The molecule has 0 aromatic carbocycles. The van der Waals surface area contributed by atoms with Gasteiger partial charge in [-0.15, -0.1) is 0 Å². The van der Waals surface area contributed by atoms with Crippen LogP contribution in [-0.4, -0.2) is 24.2 Å². The topological polar surface area (TPSA) is 109 Å². The molecule has 0 atom stereocenters. The fourth-order valence-corrected chi connectivity index (χ4v) is 2.45. The average Bonchev–Trinajstić information content (AvgIpc) is 3.20. The summed E-state index contributed by atoms with van der Waals surface area (Å²) in [7, 11) is 0. The molecule has 26 heavy (non-hydrogen) atoms. The zero-order valence-electron chi connectivity index (χ0n) is 13.6. The number of furan rings is 2. The van der Waals surface area contributed by atoms with E-state index in [2.05, 4.69) is 52.9 Å². The van der Waals surface area contributed by atoms with E-state index in [1.54, 1.807) is 24.3 Å². The van der Waals surface area contributed by atoms with Crippen LogP contribution in [0.5, 0.6) is 0 Å². The fraction of sp³-hybridized carbons (Fsp3) is 0.250. The lowest BCUT2D eigenvalue weighted by Crippen LogP contribution is -2.18. The highest BCUT2D eigenvalue weighted by Crippen LogP contribution is 2.12. The van der Waals surface area contributed by atoms with Crippen LogP contribution in [0.2, 0.25) is 0 Å². The molecule has 0 aliphatic carbocycles. The quantitative estimate of drug-likeness (QED) is 0.320. The predicted octanol–water partition coefficient (Wildman–Crippen LogP) is 3.56. The van der Waals surface area contributed by atoms with Gasteiger partial charge in [-0.25, -0.2) is 10.9 Å². The van der Waals surface area contributed by atoms with Gasteiger partial charge in [0.1, 0.15) is 11.5 Å². The minimum atomic E-state index is -0.228. The third-order valence-electron chi connectivity index (χ3n) is 3.01. The molecule has 0 aliphatic heterocycles. The second-order valence-corrected chi connectivity index (χ2v) is 6.64. The molecule has 0 saturated carbocycles. The highest BCUT2D eigenvalue weighted by molar-refractivity contribution is 9.10. The van der Waals surface area contributed by atoms with Crippen molar-refractivity contribution < 1.29 is 18.4 Å². The number of nitrogens with one attached hydrogen (secondary N) is 2. The van der Waals surface area contributed by atoms with E-state index in [9.17, 15) is 9.59 Å². The van der Waals surface area contributed by atoms with E-state index >= 15 is 0 Å². The van der Waals surface area contributed by atoms with Crippen molar-refractivity contribution in [2.45, 2.75) is 25.7 Å². The Morgan fingerprint density at radius 2 is 1.27 bits per heavy atom. The summed E-state index contributed by atoms with van der Waals surface area (Å²) < 4.78 is 11.6. The maximum atomic E-state index is 11.6. The summed E-state index contributed by atoms with van der Waals surface area (Å²) >= 11 is 6.34. The Bertz CT molecular complexity index is 732. The second-order valence-electron chi connectivity index (χ2n) is 5.08. The van der Waals surface area contributed by atoms with Crippen molar-refractivity contribution in [3.05, 3.63) is 45.1 Å². The SMILES string of the molecule is O=C(CCCCC(=O)N/N=C/c1ccc(Br)o1)N/N=C/c1ccc(Br)o1. The minimum Gasteiger partial charge on any atom is -0.448 e. The maximum absolute atomic E-state index is 11.6. The highest BCUT2D eigenvalue weighted by Gasteiger charge is 2.03. The normalized spacial score (nSPS) is 11.3. The molecule has 138 valence electrons. The first-order valence-electron chi connectivity index (χ1n) is 7.67. The third-order valence-corrected chi connectivity index (χ3v) is 3.86. The minimum absolute atomic E-state index is 0.228. The van der Waals surface area contributed by atoms with E-state index in [1.165, 1.54) is 12.4 Å². The third kappa shape index (κ3) is 7.79. The summed E-state index contributed by atoms with van der Waals surface area (Å²) in [5.74, 6) is 0.593. The van der Waals surface area contributed by atoms with E-state index in [0.29, 0.717) is 33.7 Å². The molecule has 0 radical (unpaired) electrons. The Labute approximate surface area is 166 Å². The number of rotatable bonds is 9. The Kier molecular flexibility index (Phi) is 8.29. The Balaban J connectivity index is 1.54. The van der Waals surface area contributed by atoms with E-state index in [4.69, 9.17) is 8.83 Å². The number of amides is 2. The summed E-state index contributed by atoms with van der Waals surface area (Å²) in [5.41, 5.74) is 4.80. The van der Waals surface area contributed by atoms with Gasteiger partial charge in [0.25, 0.3) is 0 Å². The van der Waals surface area contributed by atoms with Gasteiger partial charge < -0.3 is 8.83 Å². The summed E-state index contributed by atoms with van der Waals surface area (Å²) in [5, 5.41) is 7.58. The van der Waals surface area contributed by atoms with Crippen molar-refractivity contribution in [1.29, 1.82) is 0 Å². The van der Waals surface area contributed by atoms with Gasteiger partial charge in [-0.2, -0.15) is 10.2 Å². The van der Waals surface area contributed by atoms with Gasteiger partial charge in [-0.05, 0) is 69.0 Å². The van der Waals surface area contributed by atoms with Gasteiger partial charge in [0, 0.05) is 12.8 Å². The van der Waals surface area contributed by atoms with Crippen molar-refractivity contribution in [3.63, 3.8) is 0 Å². The Morgan fingerprint density at radius 3 is 1.62 bits per heavy atom. The molecule has 0 spiro atoms. The molecule has 2 aromatic heterocycles. The number of hydrogen-bond acceptors (Lipinski definition) is 6. The summed E-state index contributed by atoms with van der Waals surface area (Å²) in [6.07, 6.45) is 4.50. The number of halogens is 2. The number of nitrogens with zero attached hydrogens (tertiary/aromatic N) is 2. The van der Waals surface area contributed by atoms with Gasteiger partial charge in [0.05, 0.1) is 12.4 Å². The first kappa shape index (κ1) is 20.1. The lowest BCUT2D eigenvalue weighted by molar-refractivity contribution is -0.123. The monoisotopic (exact) mass is 486 g/mol. The average molecular weight is 488 g/mol.